The van der Waals surface area contributed by atoms with Gasteiger partial charge in [-0.2, -0.15) is 5.26 Å². The van der Waals surface area contributed by atoms with Gasteiger partial charge in [0.2, 0.25) is 5.75 Å². The van der Waals surface area contributed by atoms with Crippen LogP contribution in [-0.2, 0) is 9.53 Å². The standard InChI is InChI=1S/C17H19N3O7/c1-4-19(5-2)16(22)12(10-18)7-11-8-13(20(24)25)15(21)14(9-11)27-17(23)26-6-3/h7-9,21H,4-6H2,1-3H3. The largest absolute Gasteiger partial charge is 0.513 e. The average molecular weight is 377 g/mol. The second-order valence-corrected chi connectivity index (χ2v) is 5.08. The number of rotatable bonds is 7. The van der Waals surface area contributed by atoms with Gasteiger partial charge >= 0.3 is 11.8 Å². The molecule has 0 aliphatic heterocycles. The fourth-order valence-electron chi connectivity index (χ4n) is 2.14. The van der Waals surface area contributed by atoms with Gasteiger partial charge in [0.1, 0.15) is 11.6 Å². The van der Waals surface area contributed by atoms with Crippen LogP contribution in [-0.4, -0.2) is 46.7 Å². The number of nitriles is 1. The number of carbonyl (C=O) groups excluding carboxylic acids is 2. The lowest BCUT2D eigenvalue weighted by atomic mass is 10.1. The van der Waals surface area contributed by atoms with Gasteiger partial charge in [-0.3, -0.25) is 14.9 Å². The first-order chi connectivity index (χ1) is 12.8. The van der Waals surface area contributed by atoms with Crippen molar-refractivity contribution in [3.63, 3.8) is 0 Å². The molecular weight excluding hydrogens is 358 g/mol. The number of hydrogen-bond acceptors (Lipinski definition) is 8. The molecule has 1 amide bonds. The van der Waals surface area contributed by atoms with Crippen LogP contribution in [0, 0.1) is 21.4 Å². The van der Waals surface area contributed by atoms with E-state index in [-0.39, 0.29) is 17.7 Å². The summed E-state index contributed by atoms with van der Waals surface area (Å²) in [5, 5.41) is 30.3. The average Bonchev–Trinajstić information content (AvgIpc) is 2.62. The lowest BCUT2D eigenvalue weighted by Crippen LogP contribution is -2.31. The van der Waals surface area contributed by atoms with Crippen molar-refractivity contribution in [1.82, 2.24) is 4.90 Å². The molecule has 0 aliphatic carbocycles. The predicted molar refractivity (Wildman–Crippen MR) is 93.9 cm³/mol. The number of nitro groups is 1. The Kier molecular flexibility index (Phi) is 7.75. The van der Waals surface area contributed by atoms with Crippen molar-refractivity contribution in [2.75, 3.05) is 19.7 Å². The van der Waals surface area contributed by atoms with Crippen LogP contribution in [0.3, 0.4) is 0 Å². The van der Waals surface area contributed by atoms with Gasteiger partial charge in [0.25, 0.3) is 5.91 Å². The molecule has 144 valence electrons. The van der Waals surface area contributed by atoms with E-state index in [2.05, 4.69) is 4.74 Å². The Morgan fingerprint density at radius 1 is 1.33 bits per heavy atom. The number of hydrogen-bond donors (Lipinski definition) is 1. The molecule has 0 radical (unpaired) electrons. The first kappa shape index (κ1) is 21.4. The quantitative estimate of drug-likeness (QED) is 0.191. The first-order valence-electron chi connectivity index (χ1n) is 8.05. The van der Waals surface area contributed by atoms with E-state index in [4.69, 9.17) is 4.74 Å². The van der Waals surface area contributed by atoms with Crippen molar-refractivity contribution in [2.45, 2.75) is 20.8 Å². The highest BCUT2D eigenvalue weighted by Crippen LogP contribution is 2.38. The lowest BCUT2D eigenvalue weighted by Gasteiger charge is -2.17. The molecule has 1 aromatic rings. The number of phenols is 1. The van der Waals surface area contributed by atoms with E-state index in [1.807, 2.05) is 0 Å². The molecule has 1 N–H and O–H groups in total. The van der Waals surface area contributed by atoms with E-state index in [9.17, 15) is 30.1 Å². The minimum atomic E-state index is -1.16. The molecular formula is C17H19N3O7. The fraction of sp³-hybridized carbons (Fsp3) is 0.353. The van der Waals surface area contributed by atoms with Crippen molar-refractivity contribution in [3.8, 4) is 17.6 Å². The number of likely N-dealkylation sites (N-methyl/N-ethyl adjacent to an activating group) is 1. The summed E-state index contributed by atoms with van der Waals surface area (Å²) in [6, 6.07) is 3.80. The van der Waals surface area contributed by atoms with E-state index in [1.54, 1.807) is 19.9 Å². The Bertz CT molecular complexity index is 807. The van der Waals surface area contributed by atoms with Crippen molar-refractivity contribution >= 4 is 23.8 Å². The minimum Gasteiger partial charge on any atom is -0.499 e. The highest BCUT2D eigenvalue weighted by molar-refractivity contribution is 6.01. The van der Waals surface area contributed by atoms with Crippen LogP contribution < -0.4 is 4.74 Å². The summed E-state index contributed by atoms with van der Waals surface area (Å²) in [4.78, 5) is 35.4. The smallest absolute Gasteiger partial charge is 0.499 e. The Morgan fingerprint density at radius 3 is 2.44 bits per heavy atom. The van der Waals surface area contributed by atoms with E-state index >= 15 is 0 Å². The maximum atomic E-state index is 12.3. The molecule has 10 heteroatoms. The summed E-state index contributed by atoms with van der Waals surface area (Å²) in [5.41, 5.74) is -0.993. The van der Waals surface area contributed by atoms with Gasteiger partial charge in [0.15, 0.2) is 5.75 Å². The summed E-state index contributed by atoms with van der Waals surface area (Å²) in [6.45, 7) is 5.77. The topological polar surface area (TPSA) is 143 Å². The molecule has 0 atom stereocenters. The molecule has 0 saturated carbocycles. The van der Waals surface area contributed by atoms with Crippen molar-refractivity contribution in [2.24, 2.45) is 0 Å². The minimum absolute atomic E-state index is 0.00175. The lowest BCUT2D eigenvalue weighted by molar-refractivity contribution is -0.385. The van der Waals surface area contributed by atoms with E-state index in [1.165, 1.54) is 11.8 Å². The van der Waals surface area contributed by atoms with E-state index in [0.717, 1.165) is 18.2 Å². The third-order valence-electron chi connectivity index (χ3n) is 3.44. The number of nitrogens with zero attached hydrogens (tertiary/aromatic N) is 3. The molecule has 0 fully saturated rings. The highest BCUT2D eigenvalue weighted by atomic mass is 16.7. The van der Waals surface area contributed by atoms with Crippen LogP contribution in [0.2, 0.25) is 0 Å². The third kappa shape index (κ3) is 5.43. The zero-order valence-corrected chi connectivity index (χ0v) is 15.1. The van der Waals surface area contributed by atoms with Crippen LogP contribution in [0.1, 0.15) is 26.3 Å². The number of benzene rings is 1. The van der Waals surface area contributed by atoms with Gasteiger partial charge in [-0.1, -0.05) is 0 Å². The summed E-state index contributed by atoms with van der Waals surface area (Å²) in [5.74, 6) is -1.95. The number of aromatic hydroxyl groups is 1. The number of ether oxygens (including phenoxy) is 2. The van der Waals surface area contributed by atoms with E-state index in [0.29, 0.717) is 13.1 Å². The monoisotopic (exact) mass is 377 g/mol. The van der Waals surface area contributed by atoms with Crippen LogP contribution >= 0.6 is 0 Å². The van der Waals surface area contributed by atoms with Gasteiger partial charge < -0.3 is 19.5 Å². The zero-order valence-electron chi connectivity index (χ0n) is 15.1. The van der Waals surface area contributed by atoms with Gasteiger partial charge in [-0.15, -0.1) is 0 Å². The summed E-state index contributed by atoms with van der Waals surface area (Å²) >= 11 is 0. The number of amides is 1. The number of phenolic OH excluding ortho intramolecular Hbond substituents is 1. The van der Waals surface area contributed by atoms with Gasteiger partial charge in [-0.05, 0) is 38.5 Å². The van der Waals surface area contributed by atoms with Crippen LogP contribution in [0.25, 0.3) is 6.08 Å². The Labute approximate surface area is 155 Å². The second kappa shape index (κ2) is 9.76. The maximum Gasteiger partial charge on any atom is 0.513 e. The summed E-state index contributed by atoms with van der Waals surface area (Å²) < 4.78 is 9.33. The van der Waals surface area contributed by atoms with Crippen LogP contribution in [0.15, 0.2) is 17.7 Å². The van der Waals surface area contributed by atoms with Crippen molar-refractivity contribution in [3.05, 3.63) is 33.4 Å². The normalized spacial score (nSPS) is 10.7. The zero-order chi connectivity index (χ0) is 20.6. The third-order valence-corrected chi connectivity index (χ3v) is 3.44. The molecule has 0 heterocycles. The molecule has 0 aromatic heterocycles. The molecule has 0 bridgehead atoms. The van der Waals surface area contributed by atoms with E-state index < -0.39 is 34.2 Å². The van der Waals surface area contributed by atoms with Crippen molar-refractivity contribution in [1.29, 1.82) is 5.26 Å². The van der Waals surface area contributed by atoms with Crippen LogP contribution in [0.5, 0.6) is 11.5 Å². The summed E-state index contributed by atoms with van der Waals surface area (Å²) in [6.07, 6.45) is -0.0478. The van der Waals surface area contributed by atoms with Crippen LogP contribution in [0.4, 0.5) is 10.5 Å². The first-order valence-corrected chi connectivity index (χ1v) is 8.05. The summed E-state index contributed by atoms with van der Waals surface area (Å²) in [7, 11) is 0. The molecule has 1 rings (SSSR count). The molecule has 0 aliphatic rings. The number of carbonyl (C=O) groups is 2. The Morgan fingerprint density at radius 2 is 1.96 bits per heavy atom. The van der Waals surface area contributed by atoms with Gasteiger partial charge in [0, 0.05) is 19.2 Å². The van der Waals surface area contributed by atoms with Gasteiger partial charge in [0.05, 0.1) is 11.5 Å². The number of nitro benzene ring substituents is 1. The highest BCUT2D eigenvalue weighted by Gasteiger charge is 2.23. The fourth-order valence-corrected chi connectivity index (χ4v) is 2.14. The molecule has 0 unspecified atom stereocenters. The molecule has 27 heavy (non-hydrogen) atoms. The predicted octanol–water partition coefficient (Wildman–Crippen LogP) is 2.61. The molecule has 0 spiro atoms. The maximum absolute atomic E-state index is 12.3. The second-order valence-electron chi connectivity index (χ2n) is 5.08. The molecule has 1 aromatic carbocycles. The molecule has 0 saturated heterocycles. The molecule has 10 nitrogen and oxygen atoms in total. The van der Waals surface area contributed by atoms with Gasteiger partial charge in [-0.25, -0.2) is 4.79 Å². The van der Waals surface area contributed by atoms with Crippen molar-refractivity contribution < 1.29 is 29.1 Å². The Hall–Kier alpha value is -3.61. The SMILES string of the molecule is CCOC(=O)Oc1cc(C=C(C#N)C(=O)N(CC)CC)cc([N+](=O)[O-])c1O. The Balaban J connectivity index is 3.43.